The lowest BCUT2D eigenvalue weighted by Gasteiger charge is -1.52. The second-order valence-corrected chi connectivity index (χ2v) is 0.622. The first-order chi connectivity index (χ1) is 5.66. The van der Waals surface area contributed by atoms with Crippen molar-refractivity contribution in [1.29, 1.82) is 16.2 Å². The fraction of sp³-hybridized carbons (Fsp3) is 0.400. The predicted molar refractivity (Wildman–Crippen MR) is 49.3 cm³/mol. The van der Waals surface area contributed by atoms with Crippen molar-refractivity contribution in [3.63, 3.8) is 0 Å². The van der Waals surface area contributed by atoms with Gasteiger partial charge < -0.3 is 5.11 Å². The lowest BCUT2D eigenvalue weighted by Crippen LogP contribution is -1.57. The molecule has 0 fully saturated rings. The summed E-state index contributed by atoms with van der Waals surface area (Å²) in [5.41, 5.74) is 0. The lowest BCUT2D eigenvalue weighted by atomic mass is 10.9. The average molecular weight is 207 g/mol. The minimum Gasteiger partial charge on any atom is -0.397 e. The largest absolute Gasteiger partial charge is 0.397 e. The van der Waals surface area contributed by atoms with E-state index in [0.29, 0.717) is 0 Å². The van der Waals surface area contributed by atoms with Crippen LogP contribution >= 0.6 is 0 Å². The first-order valence-corrected chi connectivity index (χ1v) is 2.39. The Morgan fingerprint density at radius 1 is 1.00 bits per heavy atom. The van der Waals surface area contributed by atoms with Crippen molar-refractivity contribution in [2.45, 2.75) is 6.92 Å². The Bertz CT molecular complexity index is 127. The van der Waals surface area contributed by atoms with Crippen LogP contribution in [0.15, 0.2) is 0 Å². The zero-order chi connectivity index (χ0) is 10.8. The Morgan fingerprint density at radius 2 is 1.00 bits per heavy atom. The molecule has 7 nitrogen and oxygen atoms in total. The van der Waals surface area contributed by atoms with Crippen molar-refractivity contribution in [2.75, 3.05) is 6.61 Å². The summed E-state index contributed by atoms with van der Waals surface area (Å²) < 4.78 is 0. The molecule has 0 aromatic rings. The van der Waals surface area contributed by atoms with Gasteiger partial charge in [-0.3, -0.25) is 0 Å². The van der Waals surface area contributed by atoms with Crippen LogP contribution in [0.2, 0.25) is 0 Å². The van der Waals surface area contributed by atoms with Gasteiger partial charge in [0.15, 0.2) is 0 Å². The standard InChI is InChI=1S/C2H6O.3CHNO.H4Si/c1-2-3;3*2-1-3;/h3H,2H2,1H3;3*2H;1H4. The van der Waals surface area contributed by atoms with E-state index in [1.807, 2.05) is 0 Å². The topological polar surface area (TPSA) is 143 Å². The number of carbonyl (C=O) groups excluding carboxylic acids is 3. The summed E-state index contributed by atoms with van der Waals surface area (Å²) in [5.74, 6) is 0. The van der Waals surface area contributed by atoms with Gasteiger partial charge in [-0.1, -0.05) is 0 Å². The second kappa shape index (κ2) is 167. The molecule has 4 N–H and O–H groups in total. The molecule has 76 valence electrons. The first kappa shape index (κ1) is 30.2. The molecule has 0 radical (unpaired) electrons. The smallest absolute Gasteiger partial charge is 0.231 e. The molecule has 0 saturated carbocycles. The molecule has 0 amide bonds. The van der Waals surface area contributed by atoms with Crippen molar-refractivity contribution in [1.82, 2.24) is 0 Å². The average Bonchev–Trinajstić information content (AvgIpc) is 1.92. The number of rotatable bonds is 0. The minimum absolute atomic E-state index is 0. The summed E-state index contributed by atoms with van der Waals surface area (Å²) >= 11 is 0. The second-order valence-electron chi connectivity index (χ2n) is 0.622. The van der Waals surface area contributed by atoms with Crippen molar-refractivity contribution >= 4 is 29.2 Å². The van der Waals surface area contributed by atoms with Crippen molar-refractivity contribution in [2.24, 2.45) is 0 Å². The van der Waals surface area contributed by atoms with Crippen LogP contribution in [0.5, 0.6) is 0 Å². The van der Waals surface area contributed by atoms with Gasteiger partial charge in [-0.15, -0.1) is 0 Å². The molecule has 0 aromatic carbocycles. The Labute approximate surface area is 79.3 Å². The summed E-state index contributed by atoms with van der Waals surface area (Å²) in [4.78, 5) is 25.0. The zero-order valence-corrected chi connectivity index (χ0v) is 6.38. The molecule has 0 spiro atoms. The number of hydrogen-bond acceptors (Lipinski definition) is 7. The number of hydrogen-bond donors (Lipinski definition) is 4. The van der Waals surface area contributed by atoms with E-state index in [1.165, 1.54) is 0 Å². The van der Waals surface area contributed by atoms with E-state index in [2.05, 4.69) is 0 Å². The van der Waals surface area contributed by atoms with Gasteiger partial charge in [0.25, 0.3) is 0 Å². The summed E-state index contributed by atoms with van der Waals surface area (Å²) in [5, 5.41) is 23.8. The molecule has 0 aliphatic rings. The van der Waals surface area contributed by atoms with Crippen molar-refractivity contribution in [3.05, 3.63) is 0 Å². The van der Waals surface area contributed by atoms with Crippen molar-refractivity contribution < 1.29 is 19.5 Å². The van der Waals surface area contributed by atoms with Gasteiger partial charge in [-0.05, 0) is 17.9 Å². The van der Waals surface area contributed by atoms with E-state index in [9.17, 15) is 0 Å². The number of isocyanates is 3. The molecule has 0 bridgehead atoms. The molecule has 0 rings (SSSR count). The molecule has 0 unspecified atom stereocenters. The molecule has 0 atom stereocenters. The van der Waals surface area contributed by atoms with Gasteiger partial charge in [0.2, 0.25) is 18.2 Å². The Kier molecular flexibility index (Phi) is 387. The predicted octanol–water partition coefficient (Wildman–Crippen LogP) is -1.75. The normalized spacial score (nSPS) is 3.23. The first-order valence-electron chi connectivity index (χ1n) is 2.39. The molecule has 0 saturated heterocycles. The summed E-state index contributed by atoms with van der Waals surface area (Å²) in [6.07, 6.45) is 2.25. The number of aliphatic hydroxyl groups is 1. The SMILES string of the molecule is CCO.N=C=O.N=C=O.N=C=O.[SiH4]. The molecule has 0 heterocycles. The fourth-order valence-corrected chi connectivity index (χ4v) is 0. The fourth-order valence-electron chi connectivity index (χ4n) is 0. The third-order valence-electron chi connectivity index (χ3n) is 0. The highest BCUT2D eigenvalue weighted by Crippen LogP contribution is 1.30. The van der Waals surface area contributed by atoms with E-state index in [4.69, 9.17) is 35.7 Å². The van der Waals surface area contributed by atoms with E-state index < -0.39 is 0 Å². The number of nitrogens with one attached hydrogen (secondary N) is 3. The van der Waals surface area contributed by atoms with Gasteiger partial charge in [0.05, 0.1) is 0 Å². The quantitative estimate of drug-likeness (QED) is 0.212. The van der Waals surface area contributed by atoms with E-state index in [1.54, 1.807) is 6.92 Å². The van der Waals surface area contributed by atoms with Gasteiger partial charge in [0.1, 0.15) is 0 Å². The van der Waals surface area contributed by atoms with Crippen LogP contribution < -0.4 is 0 Å². The van der Waals surface area contributed by atoms with Crippen LogP contribution in [0.3, 0.4) is 0 Å². The number of aliphatic hydroxyl groups excluding tert-OH is 1. The van der Waals surface area contributed by atoms with Gasteiger partial charge in [-0.2, -0.15) is 0 Å². The Morgan fingerprint density at radius 3 is 1.00 bits per heavy atom. The van der Waals surface area contributed by atoms with E-state index in [-0.39, 0.29) is 17.6 Å². The van der Waals surface area contributed by atoms with Crippen LogP contribution in [0, 0.1) is 16.2 Å². The maximum Gasteiger partial charge on any atom is 0.231 e. The van der Waals surface area contributed by atoms with E-state index in [0.717, 1.165) is 18.2 Å². The molecular weight excluding hydrogens is 194 g/mol. The molecule has 13 heavy (non-hydrogen) atoms. The highest BCUT2D eigenvalue weighted by molar-refractivity contribution is 5.75. The highest BCUT2D eigenvalue weighted by atomic mass is 28.1. The van der Waals surface area contributed by atoms with Crippen LogP contribution in [0.4, 0.5) is 0 Å². The van der Waals surface area contributed by atoms with Gasteiger partial charge in [0, 0.05) is 6.61 Å². The van der Waals surface area contributed by atoms with Crippen LogP contribution in [0.1, 0.15) is 6.92 Å². The summed E-state index contributed by atoms with van der Waals surface area (Å²) in [6.45, 7) is 1.93. The lowest BCUT2D eigenvalue weighted by molar-refractivity contribution is 0.318. The molecular formula is C5H13N3O4Si. The minimum atomic E-state index is 0. The zero-order valence-electron chi connectivity index (χ0n) is 6.38. The summed E-state index contributed by atoms with van der Waals surface area (Å²) in [6, 6.07) is 0. The monoisotopic (exact) mass is 207 g/mol. The summed E-state index contributed by atoms with van der Waals surface area (Å²) in [7, 11) is 0. The maximum atomic E-state index is 8.35. The molecule has 0 aromatic heterocycles. The van der Waals surface area contributed by atoms with E-state index >= 15 is 0 Å². The van der Waals surface area contributed by atoms with Crippen LogP contribution in [0.25, 0.3) is 0 Å². The van der Waals surface area contributed by atoms with Crippen LogP contribution in [-0.4, -0.2) is 40.9 Å². The Balaban J connectivity index is -0.0000000213. The highest BCUT2D eigenvalue weighted by Gasteiger charge is 1.34. The maximum absolute atomic E-state index is 8.35. The third-order valence-corrected chi connectivity index (χ3v) is 0. The van der Waals surface area contributed by atoms with Gasteiger partial charge >= 0.3 is 0 Å². The third kappa shape index (κ3) is 252. The molecule has 0 aliphatic carbocycles. The molecule has 8 heteroatoms. The van der Waals surface area contributed by atoms with Crippen molar-refractivity contribution in [3.8, 4) is 0 Å². The Hall–Kier alpha value is -1.68. The van der Waals surface area contributed by atoms with Crippen LogP contribution in [-0.2, 0) is 14.4 Å². The van der Waals surface area contributed by atoms with Gasteiger partial charge in [-0.25, -0.2) is 30.6 Å². The molecule has 0 aliphatic heterocycles.